The van der Waals surface area contributed by atoms with E-state index in [4.69, 9.17) is 4.52 Å². The van der Waals surface area contributed by atoms with Crippen LogP contribution in [0.3, 0.4) is 0 Å². The monoisotopic (exact) mass is 342 g/mol. The Labute approximate surface area is 142 Å². The predicted octanol–water partition coefficient (Wildman–Crippen LogP) is 5.10. The van der Waals surface area contributed by atoms with E-state index in [1.807, 2.05) is 32.9 Å². The Morgan fingerprint density at radius 2 is 1.79 bits per heavy atom. The second kappa shape index (κ2) is 6.49. The Kier molecular flexibility index (Phi) is 4.40. The number of rotatable bonds is 3. The number of benzene rings is 2. The fourth-order valence-corrected chi connectivity index (χ4v) is 3.13. The molecule has 0 radical (unpaired) electrons. The Morgan fingerprint density at radius 3 is 2.46 bits per heavy atom. The maximum absolute atomic E-state index is 13.2. The summed E-state index contributed by atoms with van der Waals surface area (Å²) in [5.41, 5.74) is 5.60. The Bertz CT molecular complexity index is 958. The Balaban J connectivity index is 2.25. The fourth-order valence-electron chi connectivity index (χ4n) is 2.78. The highest BCUT2D eigenvalue weighted by atomic mass is 32.1. The van der Waals surface area contributed by atoms with Crippen molar-refractivity contribution in [2.24, 2.45) is 4.36 Å². The largest absolute Gasteiger partial charge is 0.360 e. The molecule has 1 aromatic heterocycles. The minimum Gasteiger partial charge on any atom is -0.360 e. The molecule has 1 heterocycles. The third-order valence-corrected chi connectivity index (χ3v) is 4.27. The van der Waals surface area contributed by atoms with Gasteiger partial charge in [-0.25, -0.2) is 4.39 Å². The normalized spacial score (nSPS) is 10.7. The van der Waals surface area contributed by atoms with Crippen LogP contribution >= 0.6 is 0 Å². The van der Waals surface area contributed by atoms with Gasteiger partial charge in [0.05, 0.1) is 11.3 Å². The van der Waals surface area contributed by atoms with Crippen LogP contribution in [0, 0.1) is 26.6 Å². The molecule has 3 aromatic rings. The SMILES string of the molecule is Cc1ccc(-c2c(-c3ccc(F)cc3)noc2C)c(C)c1N=S=O. The summed E-state index contributed by atoms with van der Waals surface area (Å²) in [5, 5.41) is 4.14. The standard InChI is InChI=1S/C18H15FN2O2S/c1-10-4-9-15(11(2)17(10)21-24-22)16-12(3)23-20-18(16)13-5-7-14(19)8-6-13/h4-9H,1-3H3. The second-order valence-electron chi connectivity index (χ2n) is 5.54. The van der Waals surface area contributed by atoms with Gasteiger partial charge in [0.15, 0.2) is 0 Å². The molecule has 0 N–H and O–H groups in total. The van der Waals surface area contributed by atoms with Gasteiger partial charge >= 0.3 is 0 Å². The molecule has 2 aromatic carbocycles. The topological polar surface area (TPSA) is 55.5 Å². The van der Waals surface area contributed by atoms with Crippen molar-refractivity contribution in [2.45, 2.75) is 20.8 Å². The molecule has 0 aliphatic rings. The molecule has 0 saturated carbocycles. The summed E-state index contributed by atoms with van der Waals surface area (Å²) in [6.45, 7) is 5.65. The van der Waals surface area contributed by atoms with Gasteiger partial charge in [-0.2, -0.15) is 8.57 Å². The first kappa shape index (κ1) is 16.3. The van der Waals surface area contributed by atoms with Crippen LogP contribution in [0.2, 0.25) is 0 Å². The minimum atomic E-state index is -0.305. The van der Waals surface area contributed by atoms with E-state index in [-0.39, 0.29) is 17.3 Å². The molecule has 122 valence electrons. The van der Waals surface area contributed by atoms with Crippen LogP contribution < -0.4 is 0 Å². The van der Waals surface area contributed by atoms with E-state index in [0.717, 1.165) is 27.8 Å². The lowest BCUT2D eigenvalue weighted by molar-refractivity contribution is 0.400. The average Bonchev–Trinajstić information content (AvgIpc) is 2.94. The number of halogens is 1. The zero-order valence-corrected chi connectivity index (χ0v) is 14.3. The molecule has 0 bridgehead atoms. The minimum absolute atomic E-state index is 0.190. The van der Waals surface area contributed by atoms with Gasteiger partial charge in [0.2, 0.25) is 11.5 Å². The summed E-state index contributed by atoms with van der Waals surface area (Å²) in [4.78, 5) is 0. The first-order chi connectivity index (χ1) is 11.5. The van der Waals surface area contributed by atoms with Gasteiger partial charge in [0.25, 0.3) is 0 Å². The van der Waals surface area contributed by atoms with Crippen molar-refractivity contribution in [3.8, 4) is 22.4 Å². The molecular weight excluding hydrogens is 327 g/mol. The van der Waals surface area contributed by atoms with Crippen LogP contribution in [-0.4, -0.2) is 9.37 Å². The molecule has 0 unspecified atom stereocenters. The van der Waals surface area contributed by atoms with E-state index >= 15 is 0 Å². The molecule has 0 amide bonds. The van der Waals surface area contributed by atoms with Gasteiger partial charge in [0, 0.05) is 5.56 Å². The quantitative estimate of drug-likeness (QED) is 0.665. The maximum atomic E-state index is 13.2. The van der Waals surface area contributed by atoms with Gasteiger partial charge in [-0.3, -0.25) is 0 Å². The number of hydrogen-bond acceptors (Lipinski definition) is 4. The van der Waals surface area contributed by atoms with Crippen molar-refractivity contribution in [2.75, 3.05) is 0 Å². The summed E-state index contributed by atoms with van der Waals surface area (Å²) in [5.74, 6) is 0.350. The molecule has 0 aliphatic heterocycles. The molecule has 4 nitrogen and oxygen atoms in total. The Hall–Kier alpha value is -2.60. The van der Waals surface area contributed by atoms with Crippen molar-refractivity contribution in [1.29, 1.82) is 0 Å². The van der Waals surface area contributed by atoms with Crippen LogP contribution in [0.1, 0.15) is 16.9 Å². The van der Waals surface area contributed by atoms with Crippen molar-refractivity contribution in [3.05, 3.63) is 59.1 Å². The lowest BCUT2D eigenvalue weighted by Crippen LogP contribution is -1.90. The number of hydrogen-bond donors (Lipinski definition) is 0. The highest BCUT2D eigenvalue weighted by Gasteiger charge is 2.20. The van der Waals surface area contributed by atoms with E-state index in [2.05, 4.69) is 9.52 Å². The second-order valence-corrected chi connectivity index (χ2v) is 5.87. The van der Waals surface area contributed by atoms with E-state index in [1.54, 1.807) is 12.1 Å². The fraction of sp³-hybridized carbons (Fsp3) is 0.167. The first-order valence-electron chi connectivity index (χ1n) is 7.35. The van der Waals surface area contributed by atoms with Crippen LogP contribution in [-0.2, 0) is 11.5 Å². The van der Waals surface area contributed by atoms with Crippen molar-refractivity contribution < 1.29 is 13.1 Å². The third-order valence-electron chi connectivity index (χ3n) is 4.01. The lowest BCUT2D eigenvalue weighted by Gasteiger charge is -2.11. The maximum Gasteiger partial charge on any atom is 0.205 e. The molecule has 0 atom stereocenters. The highest BCUT2D eigenvalue weighted by Crippen LogP contribution is 2.39. The average molecular weight is 342 g/mol. The predicted molar refractivity (Wildman–Crippen MR) is 91.8 cm³/mol. The molecular formula is C18H15FN2O2S. The molecule has 0 spiro atoms. The highest BCUT2D eigenvalue weighted by molar-refractivity contribution is 7.54. The van der Waals surface area contributed by atoms with Gasteiger partial charge in [-0.05, 0) is 61.7 Å². The van der Waals surface area contributed by atoms with E-state index < -0.39 is 0 Å². The molecule has 6 heteroatoms. The molecule has 3 rings (SSSR count). The third kappa shape index (κ3) is 2.80. The van der Waals surface area contributed by atoms with Gasteiger partial charge in [0.1, 0.15) is 17.3 Å². The van der Waals surface area contributed by atoms with Crippen molar-refractivity contribution >= 4 is 17.2 Å². The van der Waals surface area contributed by atoms with Gasteiger partial charge in [-0.1, -0.05) is 17.3 Å². The number of aromatic nitrogens is 1. The van der Waals surface area contributed by atoms with Crippen LogP contribution in [0.4, 0.5) is 10.1 Å². The summed E-state index contributed by atoms with van der Waals surface area (Å²) in [6, 6.07) is 9.99. The summed E-state index contributed by atoms with van der Waals surface area (Å²) >= 11 is 0.190. The van der Waals surface area contributed by atoms with E-state index in [9.17, 15) is 8.60 Å². The zero-order valence-electron chi connectivity index (χ0n) is 13.5. The smallest absolute Gasteiger partial charge is 0.205 e. The Morgan fingerprint density at radius 1 is 1.08 bits per heavy atom. The molecule has 24 heavy (non-hydrogen) atoms. The number of aryl methyl sites for hydroxylation is 2. The van der Waals surface area contributed by atoms with Crippen LogP contribution in [0.15, 0.2) is 45.3 Å². The number of nitrogens with zero attached hydrogens (tertiary/aromatic N) is 2. The van der Waals surface area contributed by atoms with Gasteiger partial charge < -0.3 is 4.52 Å². The van der Waals surface area contributed by atoms with Gasteiger partial charge in [-0.15, -0.1) is 0 Å². The molecule has 0 fully saturated rings. The lowest BCUT2D eigenvalue weighted by atomic mass is 9.93. The summed E-state index contributed by atoms with van der Waals surface area (Å²) < 4.78 is 33.4. The van der Waals surface area contributed by atoms with Crippen molar-refractivity contribution in [1.82, 2.24) is 5.16 Å². The summed E-state index contributed by atoms with van der Waals surface area (Å²) in [6.07, 6.45) is 0. The van der Waals surface area contributed by atoms with E-state index in [1.165, 1.54) is 12.1 Å². The van der Waals surface area contributed by atoms with E-state index in [0.29, 0.717) is 17.1 Å². The van der Waals surface area contributed by atoms with Crippen molar-refractivity contribution in [3.63, 3.8) is 0 Å². The first-order valence-corrected chi connectivity index (χ1v) is 8.05. The van der Waals surface area contributed by atoms with Crippen LogP contribution in [0.25, 0.3) is 22.4 Å². The zero-order chi connectivity index (χ0) is 17.3. The summed E-state index contributed by atoms with van der Waals surface area (Å²) in [7, 11) is 0. The van der Waals surface area contributed by atoms with Crippen LogP contribution in [0.5, 0.6) is 0 Å². The molecule has 0 aliphatic carbocycles. The molecule has 0 saturated heterocycles.